The second kappa shape index (κ2) is 41.5. The molecule has 0 radical (unpaired) electrons. The molecule has 6 aliphatic heterocycles. The molecule has 121 heavy (non-hydrogen) atoms. The first-order valence-corrected chi connectivity index (χ1v) is 36.9. The van der Waals surface area contributed by atoms with E-state index in [-0.39, 0.29) is 0 Å². The highest BCUT2D eigenvalue weighted by Crippen LogP contribution is 2.45. The summed E-state index contributed by atoms with van der Waals surface area (Å²) in [5.74, 6) is -42.3. The average molecular weight is 1770 g/mol. The molecule has 6 rings (SSSR count). The molecule has 0 aromatic rings. The summed E-state index contributed by atoms with van der Waals surface area (Å²) in [6.45, 7) is -4.91. The number of aliphatic hydroxyl groups is 20. The maximum absolute atomic E-state index is 13.9. The second-order valence-corrected chi connectivity index (χ2v) is 29.7. The Bertz CT molecular complexity index is 3640. The van der Waals surface area contributed by atoms with E-state index in [1.54, 1.807) is 0 Å². The van der Waals surface area contributed by atoms with Crippen molar-refractivity contribution in [1.82, 2.24) is 31.9 Å². The Labute approximate surface area is 681 Å². The van der Waals surface area contributed by atoms with Gasteiger partial charge < -0.3 is 217 Å². The Morgan fingerprint density at radius 3 is 0.595 bits per heavy atom. The van der Waals surface area contributed by atoms with E-state index >= 15 is 0 Å². The summed E-state index contributed by atoms with van der Waals surface area (Å²) in [5.41, 5.74) is 0. The first-order valence-electron chi connectivity index (χ1n) is 36.9. The molecule has 6 heterocycles. The van der Waals surface area contributed by atoms with Crippen LogP contribution >= 0.6 is 0 Å². The van der Waals surface area contributed by atoms with Gasteiger partial charge in [-0.25, -0.2) is 28.8 Å². The lowest BCUT2D eigenvalue weighted by atomic mass is 9.86. The number of carbonyl (C=O) groups is 12. The quantitative estimate of drug-likeness (QED) is 0.0271. The maximum atomic E-state index is 13.9. The molecule has 0 aromatic heterocycles. The van der Waals surface area contributed by atoms with Gasteiger partial charge in [-0.1, -0.05) is 0 Å². The Balaban J connectivity index is 1.37. The molecule has 32 N–H and O–H groups in total. The third-order valence-corrected chi connectivity index (χ3v) is 20.7. The number of aliphatic carboxylic acids is 6. The highest BCUT2D eigenvalue weighted by atomic mass is 16.8. The molecule has 55 nitrogen and oxygen atoms in total. The van der Waals surface area contributed by atoms with Gasteiger partial charge in [0.2, 0.25) is 35.4 Å². The van der Waals surface area contributed by atoms with Gasteiger partial charge in [-0.05, 0) is 0 Å². The minimum atomic E-state index is -3.78. The van der Waals surface area contributed by atoms with E-state index in [0.29, 0.717) is 0 Å². The van der Waals surface area contributed by atoms with Crippen LogP contribution in [0.2, 0.25) is 0 Å². The molecule has 0 bridgehead atoms. The molecule has 1 unspecified atom stereocenters. The van der Waals surface area contributed by atoms with Gasteiger partial charge in [0.1, 0.15) is 110 Å². The lowest BCUT2D eigenvalue weighted by molar-refractivity contribution is -0.366. The number of carboxylic acids is 6. The van der Waals surface area contributed by atoms with Gasteiger partial charge in [-0.2, -0.15) is 0 Å². The molecule has 36 atom stereocenters. The van der Waals surface area contributed by atoms with Crippen molar-refractivity contribution in [3.8, 4) is 0 Å². The Kier molecular flexibility index (Phi) is 35.0. The predicted molar refractivity (Wildman–Crippen MR) is 372 cm³/mol. The van der Waals surface area contributed by atoms with Gasteiger partial charge in [0.05, 0.1) is 113 Å². The van der Waals surface area contributed by atoms with Crippen LogP contribution in [0.4, 0.5) is 0 Å². The maximum Gasteiger partial charge on any atom is 0.364 e. The summed E-state index contributed by atoms with van der Waals surface area (Å²) < 4.78 is 62.1. The van der Waals surface area contributed by atoms with Gasteiger partial charge in [0.25, 0.3) is 34.7 Å². The van der Waals surface area contributed by atoms with E-state index in [1.807, 2.05) is 0 Å². The van der Waals surface area contributed by atoms with Crippen molar-refractivity contribution in [3.63, 3.8) is 0 Å². The second-order valence-electron chi connectivity index (χ2n) is 29.7. The van der Waals surface area contributed by atoms with Crippen molar-refractivity contribution in [2.45, 2.75) is 298 Å². The third kappa shape index (κ3) is 22.7. The van der Waals surface area contributed by atoms with Crippen molar-refractivity contribution in [2.75, 3.05) is 39.6 Å². The number of carbonyl (C=O) groups excluding carboxylic acids is 6. The number of hydrogen-bond acceptors (Lipinski definition) is 43. The van der Waals surface area contributed by atoms with E-state index in [2.05, 4.69) is 31.9 Å². The highest BCUT2D eigenvalue weighted by molar-refractivity contribution is 5.81. The van der Waals surface area contributed by atoms with Crippen LogP contribution in [-0.2, 0) is 110 Å². The molecule has 55 heteroatoms. The number of nitrogens with one attached hydrogen (secondary N) is 6. The lowest BCUT2D eigenvalue weighted by Gasteiger charge is -2.51. The Morgan fingerprint density at radius 2 is 0.446 bits per heavy atom. The van der Waals surface area contributed by atoms with Crippen LogP contribution in [0, 0.1) is 0 Å². The number of rotatable bonds is 40. The molecule has 0 aromatic carbocycles. The van der Waals surface area contributed by atoms with E-state index in [0.717, 1.165) is 41.5 Å². The number of amides is 6. The summed E-state index contributed by atoms with van der Waals surface area (Å²) in [6.07, 6.45) is -70.7. The number of ether oxygens (including phenoxy) is 11. The zero-order chi connectivity index (χ0) is 91.8. The topological polar surface area (TPSA) is 905 Å². The van der Waals surface area contributed by atoms with E-state index in [9.17, 15) is 190 Å². The predicted octanol–water partition coefficient (Wildman–Crippen LogP) is -18.0. The van der Waals surface area contributed by atoms with Crippen LogP contribution in [-0.4, -0.2) is 461 Å². The minimum absolute atomic E-state index is 0.754. The number of aliphatic hydroxyl groups excluding tert-OH is 19. The van der Waals surface area contributed by atoms with Crippen LogP contribution in [0.1, 0.15) is 80.1 Å². The van der Waals surface area contributed by atoms with Crippen molar-refractivity contribution in [1.29, 1.82) is 0 Å². The lowest BCUT2D eigenvalue weighted by Crippen LogP contribution is -2.72. The normalized spacial score (nSPS) is 37.5. The zero-order valence-corrected chi connectivity index (χ0v) is 64.8. The zero-order valence-electron chi connectivity index (χ0n) is 64.8. The summed E-state index contributed by atoms with van der Waals surface area (Å²) in [5, 5.41) is 304. The van der Waals surface area contributed by atoms with Crippen LogP contribution in [0.5, 0.6) is 0 Å². The van der Waals surface area contributed by atoms with Crippen LogP contribution in [0.25, 0.3) is 0 Å². The van der Waals surface area contributed by atoms with E-state index < -0.39 is 367 Å². The van der Waals surface area contributed by atoms with Gasteiger partial charge in [-0.3, -0.25) is 28.8 Å². The van der Waals surface area contributed by atoms with Gasteiger partial charge >= 0.3 is 35.8 Å². The van der Waals surface area contributed by atoms with Crippen molar-refractivity contribution < 1.29 is 242 Å². The smallest absolute Gasteiger partial charge is 0.364 e. The Morgan fingerprint density at radius 1 is 0.281 bits per heavy atom. The SMILES string of the molecule is CC(=O)N[C@H]1[C@H]([C@H](O)[C@H](O)CO)O[C@@](O[C@H](CO)[C@@H](O)[C@@H]2O[C@@](O[C@H](CO)[C@@H](O)[C@@H]3O[C@@](O[C@H](CO)[C@@H](O)[C@@H]4O[C@@](O[C@H](CO)[C@@H](O)[C@@H]5O[C@@](O[C@H](CO)[C@@H](O)[C@@H]6OC(O)(C(=O)O)C[C@H](O)[C@H]6NC(C)=O)(C(=O)O)C[C@H](O)[C@H]5NC(C)=O)(C(=O)O)C[C@H](O)[C@H]4NC(C)=O)(C(=O)O)C[C@H](O)[C@H]3NC(C)=O)(C(=O)O)C[C@H](O)[C@H]2NC(C)=O)(C(=O)O)C[C@@H]1O. The monoisotopic (exact) mass is 1760 g/mol. The fourth-order valence-corrected chi connectivity index (χ4v) is 15.1. The largest absolute Gasteiger partial charge is 0.477 e. The van der Waals surface area contributed by atoms with E-state index in [1.165, 1.54) is 0 Å². The summed E-state index contributed by atoms with van der Waals surface area (Å²) >= 11 is 0. The molecule has 6 aliphatic rings. The number of hydrogen-bond donors (Lipinski definition) is 32. The summed E-state index contributed by atoms with van der Waals surface area (Å²) in [4.78, 5) is 156. The van der Waals surface area contributed by atoms with Gasteiger partial charge in [0, 0.05) is 80.1 Å². The summed E-state index contributed by atoms with van der Waals surface area (Å²) in [7, 11) is 0. The van der Waals surface area contributed by atoms with Crippen molar-refractivity contribution in [3.05, 3.63) is 0 Å². The molecule has 0 saturated carbocycles. The van der Waals surface area contributed by atoms with Crippen molar-refractivity contribution in [2.24, 2.45) is 0 Å². The molecular formula is C66H104N6O49. The first kappa shape index (κ1) is 102. The molecular weight excluding hydrogens is 1660 g/mol. The Hall–Kier alpha value is -7.60. The fraction of sp³-hybridized carbons (Fsp3) is 0.818. The van der Waals surface area contributed by atoms with E-state index in [4.69, 9.17) is 52.1 Å². The fourth-order valence-electron chi connectivity index (χ4n) is 15.1. The summed E-state index contributed by atoms with van der Waals surface area (Å²) in [6, 6.07) is -12.5. The highest BCUT2D eigenvalue weighted by Gasteiger charge is 2.67. The molecule has 692 valence electrons. The molecule has 0 aliphatic carbocycles. The van der Waals surface area contributed by atoms with Crippen LogP contribution in [0.15, 0.2) is 0 Å². The van der Waals surface area contributed by atoms with Crippen LogP contribution < -0.4 is 31.9 Å². The number of carboxylic acid groups (broad SMARTS) is 6. The molecule has 6 fully saturated rings. The van der Waals surface area contributed by atoms with Crippen LogP contribution in [0.3, 0.4) is 0 Å². The van der Waals surface area contributed by atoms with Crippen molar-refractivity contribution >= 4 is 71.3 Å². The molecule has 0 spiro atoms. The minimum Gasteiger partial charge on any atom is -0.477 e. The molecule has 6 amide bonds. The third-order valence-electron chi connectivity index (χ3n) is 20.7. The van der Waals surface area contributed by atoms with Gasteiger partial charge in [0.15, 0.2) is 0 Å². The average Bonchev–Trinajstić information content (AvgIpc) is 0.751. The van der Waals surface area contributed by atoms with Gasteiger partial charge in [-0.15, -0.1) is 0 Å². The first-order chi connectivity index (χ1) is 56.1. The molecule has 6 saturated heterocycles. The standard InChI is InChI=1S/C66H104N6O49/c1-19(79)67-37-25(85)7-61(110,55(98)99)116-50(37)44(93)32(14-74)111-63(57(102)103)9-27(87)39(69-21(3)81)52(118-63)46(95)34(16-76)113-65(59(106)107)11-29(89)41(71-23(5)83)54(120-65)48(97)36(18-78)115-66(60(108)109)12-30(90)42(72-24(6)84)53(121-66)47(96)35(17-77)114-64(58(104)105)10-28(88)40(70-22(4)82)51(119-64)45(94)33(15-75)112-62(56(100)101)8-26(86)38(68-20(2)80)49(117-62)43(92)31(91)13-73/h25-54,73-78,85-97,110H,7-18H2,1-6H3,(H,67,79)(H,68,80)(H,69,81)(H,70,82)(H,71,83)(H,72,84)(H,98,99)(H,100,101)(H,102,103)(H,104,105)(H,106,107)(H,108,109)/t25-,26-,27-,28-,29-,30-,31+,32+,33+,34+,35+,36+,37+,38+,39+,40+,41+,42+,43+,44+,45+,46+,47+,48+,49+,50+,51+,52+,53+,54+,61?,62+,63+,64+,65+,66+/m0/s1.